The number of hydrogen-bond donors (Lipinski definition) is 0. The number of hydrogen-bond acceptors (Lipinski definition) is 4. The minimum Gasteiger partial charge on any atom is -0.338 e. The van der Waals surface area contributed by atoms with E-state index < -0.39 is 0 Å². The molecule has 0 radical (unpaired) electrons. The van der Waals surface area contributed by atoms with Crippen molar-refractivity contribution in [3.63, 3.8) is 0 Å². The number of halogens is 1. The lowest BCUT2D eigenvalue weighted by molar-refractivity contribution is -0.131. The predicted molar refractivity (Wildman–Crippen MR) is 93.0 cm³/mol. The van der Waals surface area contributed by atoms with Gasteiger partial charge in [0.1, 0.15) is 5.82 Å². The highest BCUT2D eigenvalue weighted by atomic mass is 32.1. The standard InChI is InChI=1S/C18H22FN3OS/c1-21(11-16-12-24-13-20-16)17-6-7-18(23)22(9-8-17)10-14-2-4-15(19)5-3-14/h2-5,12-13,17H,6-11H2,1H3. The molecule has 1 fully saturated rings. The number of rotatable bonds is 5. The highest BCUT2D eigenvalue weighted by molar-refractivity contribution is 7.07. The van der Waals surface area contributed by atoms with E-state index in [1.165, 1.54) is 12.1 Å². The Morgan fingerprint density at radius 3 is 2.83 bits per heavy atom. The van der Waals surface area contributed by atoms with Gasteiger partial charge in [0.2, 0.25) is 5.91 Å². The van der Waals surface area contributed by atoms with Crippen molar-refractivity contribution in [1.82, 2.24) is 14.8 Å². The quantitative estimate of drug-likeness (QED) is 0.833. The van der Waals surface area contributed by atoms with Gasteiger partial charge in [-0.15, -0.1) is 11.3 Å². The second kappa shape index (κ2) is 7.85. The van der Waals surface area contributed by atoms with E-state index in [2.05, 4.69) is 22.3 Å². The van der Waals surface area contributed by atoms with Crippen LogP contribution < -0.4 is 0 Å². The van der Waals surface area contributed by atoms with Gasteiger partial charge in [-0.05, 0) is 37.6 Å². The summed E-state index contributed by atoms with van der Waals surface area (Å²) in [5.41, 5.74) is 3.91. The van der Waals surface area contributed by atoms with Gasteiger partial charge >= 0.3 is 0 Å². The zero-order chi connectivity index (χ0) is 16.9. The van der Waals surface area contributed by atoms with Crippen molar-refractivity contribution in [3.05, 3.63) is 52.2 Å². The lowest BCUT2D eigenvalue weighted by Crippen LogP contribution is -2.33. The average Bonchev–Trinajstić information content (AvgIpc) is 3.01. The molecule has 1 aliphatic heterocycles. The number of amides is 1. The van der Waals surface area contributed by atoms with E-state index in [1.54, 1.807) is 23.5 Å². The third-order valence-corrected chi connectivity index (χ3v) is 5.22. The molecule has 1 unspecified atom stereocenters. The summed E-state index contributed by atoms with van der Waals surface area (Å²) in [5.74, 6) is -0.0615. The number of carbonyl (C=O) groups excluding carboxylic acids is 1. The van der Waals surface area contributed by atoms with Gasteiger partial charge < -0.3 is 4.90 Å². The van der Waals surface area contributed by atoms with E-state index in [0.717, 1.165) is 37.2 Å². The van der Waals surface area contributed by atoms with Gasteiger partial charge in [0, 0.05) is 37.5 Å². The maximum atomic E-state index is 13.0. The maximum Gasteiger partial charge on any atom is 0.222 e. The van der Waals surface area contributed by atoms with E-state index in [9.17, 15) is 9.18 Å². The highest BCUT2D eigenvalue weighted by Crippen LogP contribution is 2.20. The van der Waals surface area contributed by atoms with Crippen molar-refractivity contribution in [2.75, 3.05) is 13.6 Å². The predicted octanol–water partition coefficient (Wildman–Crippen LogP) is 3.30. The molecule has 2 aromatic rings. The minimum atomic E-state index is -0.246. The smallest absolute Gasteiger partial charge is 0.222 e. The molecule has 0 bridgehead atoms. The Balaban J connectivity index is 1.58. The molecule has 0 N–H and O–H groups in total. The molecule has 1 saturated heterocycles. The summed E-state index contributed by atoms with van der Waals surface area (Å²) in [6, 6.07) is 6.77. The van der Waals surface area contributed by atoms with Crippen LogP contribution in [0.3, 0.4) is 0 Å². The third kappa shape index (κ3) is 4.39. The van der Waals surface area contributed by atoms with Crippen LogP contribution in [0.4, 0.5) is 4.39 Å². The zero-order valence-electron chi connectivity index (χ0n) is 13.8. The van der Waals surface area contributed by atoms with Crippen molar-refractivity contribution in [3.8, 4) is 0 Å². The molecule has 1 atom stereocenters. The lowest BCUT2D eigenvalue weighted by Gasteiger charge is -2.26. The van der Waals surface area contributed by atoms with Crippen LogP contribution >= 0.6 is 11.3 Å². The fraction of sp³-hybridized carbons (Fsp3) is 0.444. The Kier molecular flexibility index (Phi) is 5.58. The van der Waals surface area contributed by atoms with Crippen LogP contribution in [0.5, 0.6) is 0 Å². The first kappa shape index (κ1) is 17.0. The van der Waals surface area contributed by atoms with Gasteiger partial charge in [-0.3, -0.25) is 9.69 Å². The summed E-state index contributed by atoms with van der Waals surface area (Å²) in [7, 11) is 2.10. The number of likely N-dealkylation sites (tertiary alicyclic amines) is 1. The zero-order valence-corrected chi connectivity index (χ0v) is 14.6. The summed E-state index contributed by atoms with van der Waals surface area (Å²) >= 11 is 1.61. The number of nitrogens with zero attached hydrogens (tertiary/aromatic N) is 3. The fourth-order valence-electron chi connectivity index (χ4n) is 3.14. The third-order valence-electron chi connectivity index (χ3n) is 4.58. The maximum absolute atomic E-state index is 13.0. The molecule has 3 rings (SSSR count). The number of thiazole rings is 1. The minimum absolute atomic E-state index is 0.184. The van der Waals surface area contributed by atoms with E-state index in [0.29, 0.717) is 19.0 Å². The molecule has 1 aromatic heterocycles. The molecule has 2 heterocycles. The first-order chi connectivity index (χ1) is 11.6. The number of aromatic nitrogens is 1. The van der Waals surface area contributed by atoms with Gasteiger partial charge in [0.25, 0.3) is 0 Å². The molecule has 6 heteroatoms. The van der Waals surface area contributed by atoms with E-state index >= 15 is 0 Å². The molecule has 0 aliphatic carbocycles. The highest BCUT2D eigenvalue weighted by Gasteiger charge is 2.25. The summed E-state index contributed by atoms with van der Waals surface area (Å²) in [4.78, 5) is 20.9. The number of benzene rings is 1. The summed E-state index contributed by atoms with van der Waals surface area (Å²) in [6.07, 6.45) is 2.39. The van der Waals surface area contributed by atoms with Crippen LogP contribution in [0.2, 0.25) is 0 Å². The van der Waals surface area contributed by atoms with Crippen LogP contribution in [0.25, 0.3) is 0 Å². The SMILES string of the molecule is CN(Cc1cscn1)C1CCC(=O)N(Cc2ccc(F)cc2)CC1. The molecule has 0 spiro atoms. The normalized spacial score (nSPS) is 18.9. The second-order valence-corrected chi connectivity index (χ2v) is 7.04. The van der Waals surface area contributed by atoms with Crippen molar-refractivity contribution in [1.29, 1.82) is 0 Å². The molecule has 0 saturated carbocycles. The average molecular weight is 347 g/mol. The Labute approximate surface area is 145 Å². The lowest BCUT2D eigenvalue weighted by atomic mass is 10.1. The van der Waals surface area contributed by atoms with Crippen LogP contribution in [-0.2, 0) is 17.9 Å². The van der Waals surface area contributed by atoms with Crippen LogP contribution in [0.1, 0.15) is 30.5 Å². The molecule has 1 aliphatic rings. The van der Waals surface area contributed by atoms with E-state index in [-0.39, 0.29) is 11.7 Å². The van der Waals surface area contributed by atoms with Crippen LogP contribution in [0.15, 0.2) is 35.2 Å². The van der Waals surface area contributed by atoms with Crippen molar-refractivity contribution >= 4 is 17.2 Å². The topological polar surface area (TPSA) is 36.4 Å². The summed E-state index contributed by atoms with van der Waals surface area (Å²) < 4.78 is 13.0. The van der Waals surface area contributed by atoms with Crippen molar-refractivity contribution in [2.45, 2.75) is 38.4 Å². The summed E-state index contributed by atoms with van der Waals surface area (Å²) in [6.45, 7) is 2.12. The largest absolute Gasteiger partial charge is 0.338 e. The van der Waals surface area contributed by atoms with Gasteiger partial charge in [-0.2, -0.15) is 0 Å². The van der Waals surface area contributed by atoms with Crippen molar-refractivity contribution < 1.29 is 9.18 Å². The Hall–Kier alpha value is -1.79. The monoisotopic (exact) mass is 347 g/mol. The van der Waals surface area contributed by atoms with Crippen LogP contribution in [0, 0.1) is 5.82 Å². The first-order valence-electron chi connectivity index (χ1n) is 8.21. The molecule has 4 nitrogen and oxygen atoms in total. The van der Waals surface area contributed by atoms with Crippen molar-refractivity contribution in [2.24, 2.45) is 0 Å². The molecule has 1 aromatic carbocycles. The van der Waals surface area contributed by atoms with E-state index in [4.69, 9.17) is 0 Å². The van der Waals surface area contributed by atoms with Gasteiger partial charge in [-0.1, -0.05) is 12.1 Å². The second-order valence-electron chi connectivity index (χ2n) is 6.32. The van der Waals surface area contributed by atoms with Gasteiger partial charge in [0.05, 0.1) is 11.2 Å². The van der Waals surface area contributed by atoms with Gasteiger partial charge in [0.15, 0.2) is 0 Å². The fourth-order valence-corrected chi connectivity index (χ4v) is 3.69. The molecular formula is C18H22FN3OS. The molecule has 24 heavy (non-hydrogen) atoms. The summed E-state index contributed by atoms with van der Waals surface area (Å²) in [5, 5.41) is 2.07. The van der Waals surface area contributed by atoms with E-state index in [1.807, 2.05) is 10.4 Å². The molecule has 1 amide bonds. The molecular weight excluding hydrogens is 325 g/mol. The Morgan fingerprint density at radius 2 is 2.12 bits per heavy atom. The Bertz CT molecular complexity index is 659. The first-order valence-corrected chi connectivity index (χ1v) is 9.15. The Morgan fingerprint density at radius 1 is 1.33 bits per heavy atom. The van der Waals surface area contributed by atoms with Gasteiger partial charge in [-0.25, -0.2) is 9.37 Å². The molecule has 128 valence electrons. The number of carbonyl (C=O) groups is 1. The van der Waals surface area contributed by atoms with Crippen LogP contribution in [-0.4, -0.2) is 40.3 Å².